The van der Waals surface area contributed by atoms with Crippen LogP contribution in [0.15, 0.2) is 66.3 Å². The molecule has 2 heterocycles. The molecule has 0 saturated heterocycles. The van der Waals surface area contributed by atoms with Crippen molar-refractivity contribution in [1.29, 1.82) is 0 Å². The summed E-state index contributed by atoms with van der Waals surface area (Å²) < 4.78 is 52.1. The van der Waals surface area contributed by atoms with Gasteiger partial charge in [-0.3, -0.25) is 9.36 Å². The van der Waals surface area contributed by atoms with Crippen molar-refractivity contribution in [3.63, 3.8) is 0 Å². The van der Waals surface area contributed by atoms with E-state index in [9.17, 15) is 18.0 Å². The number of fused-ring (bicyclic) bond motifs is 1. The molecule has 1 N–H and O–H groups in total. The van der Waals surface area contributed by atoms with Crippen LogP contribution in [0.1, 0.15) is 17.5 Å². The fraction of sp³-hybridized carbons (Fsp3) is 0.227. The highest BCUT2D eigenvalue weighted by Crippen LogP contribution is 2.36. The van der Waals surface area contributed by atoms with E-state index in [-0.39, 0.29) is 18.0 Å². The predicted octanol–water partition coefficient (Wildman–Crippen LogP) is 4.73. The molecular weight excluding hydrogens is 457 g/mol. The molecule has 0 radical (unpaired) electrons. The topological polar surface area (TPSA) is 78.3 Å². The van der Waals surface area contributed by atoms with Gasteiger partial charge >= 0.3 is 6.18 Å². The van der Waals surface area contributed by atoms with Crippen LogP contribution in [0.5, 0.6) is 11.5 Å². The number of ether oxygens (including phenoxy) is 2. The van der Waals surface area contributed by atoms with Crippen LogP contribution in [0.2, 0.25) is 0 Å². The van der Waals surface area contributed by atoms with Crippen molar-refractivity contribution in [2.75, 3.05) is 17.7 Å². The van der Waals surface area contributed by atoms with Crippen molar-refractivity contribution in [1.82, 2.24) is 14.8 Å². The molecule has 1 aliphatic rings. The minimum absolute atomic E-state index is 0.0649. The summed E-state index contributed by atoms with van der Waals surface area (Å²) in [7, 11) is 0. The van der Waals surface area contributed by atoms with Gasteiger partial charge in [-0.05, 0) is 30.3 Å². The summed E-state index contributed by atoms with van der Waals surface area (Å²) in [5.74, 6) is 1.21. The molecule has 4 rings (SSSR count). The molecule has 0 aliphatic carbocycles. The number of alkyl halides is 3. The first-order chi connectivity index (χ1) is 15.8. The van der Waals surface area contributed by atoms with E-state index in [1.165, 1.54) is 12.1 Å². The largest absolute Gasteiger partial charge is 0.485 e. The Labute approximate surface area is 191 Å². The smallest absolute Gasteiger partial charge is 0.416 e. The maximum atomic E-state index is 12.9. The molecule has 2 aromatic carbocycles. The van der Waals surface area contributed by atoms with Gasteiger partial charge in [0.2, 0.25) is 5.91 Å². The van der Waals surface area contributed by atoms with Crippen molar-refractivity contribution in [2.24, 2.45) is 0 Å². The third-order valence-electron chi connectivity index (χ3n) is 4.66. The molecule has 1 aromatic heterocycles. The van der Waals surface area contributed by atoms with Gasteiger partial charge in [0.1, 0.15) is 6.61 Å². The van der Waals surface area contributed by atoms with Crippen LogP contribution in [0.4, 0.5) is 18.9 Å². The molecule has 1 unspecified atom stereocenters. The Bertz CT molecular complexity index is 1170. The molecule has 33 heavy (non-hydrogen) atoms. The first-order valence-corrected chi connectivity index (χ1v) is 10.9. The highest BCUT2D eigenvalue weighted by atomic mass is 32.2. The SMILES string of the molecule is C=CCn1c(SCC(=O)Nc2cccc(C(F)(F)F)c2)nnc1C1COc2ccccc2O1. The third kappa shape index (κ3) is 5.30. The average molecular weight is 476 g/mol. The number of allylic oxidation sites excluding steroid dienone is 1. The van der Waals surface area contributed by atoms with Gasteiger partial charge in [0.25, 0.3) is 0 Å². The van der Waals surface area contributed by atoms with E-state index in [4.69, 9.17) is 9.47 Å². The van der Waals surface area contributed by atoms with Crippen molar-refractivity contribution in [2.45, 2.75) is 24.0 Å². The zero-order valence-corrected chi connectivity index (χ0v) is 18.0. The molecule has 1 amide bonds. The van der Waals surface area contributed by atoms with E-state index in [1.807, 2.05) is 18.2 Å². The summed E-state index contributed by atoms with van der Waals surface area (Å²) in [6, 6.07) is 11.8. The molecule has 11 heteroatoms. The van der Waals surface area contributed by atoms with E-state index < -0.39 is 23.8 Å². The molecule has 0 bridgehead atoms. The lowest BCUT2D eigenvalue weighted by atomic mass is 10.2. The van der Waals surface area contributed by atoms with Crippen LogP contribution < -0.4 is 14.8 Å². The van der Waals surface area contributed by atoms with Gasteiger partial charge in [0, 0.05) is 12.2 Å². The maximum absolute atomic E-state index is 12.9. The number of hydrogen-bond donors (Lipinski definition) is 1. The third-order valence-corrected chi connectivity index (χ3v) is 5.63. The summed E-state index contributed by atoms with van der Waals surface area (Å²) in [5.41, 5.74) is -0.769. The molecule has 1 atom stereocenters. The van der Waals surface area contributed by atoms with Gasteiger partial charge in [-0.15, -0.1) is 16.8 Å². The van der Waals surface area contributed by atoms with Crippen LogP contribution in [-0.2, 0) is 17.5 Å². The van der Waals surface area contributed by atoms with Crippen molar-refractivity contribution >= 4 is 23.4 Å². The Balaban J connectivity index is 1.43. The average Bonchev–Trinajstić information content (AvgIpc) is 3.20. The standard InChI is InChI=1S/C22H19F3N4O3S/c1-2-10-29-20(18-12-31-16-8-3-4-9-17(16)32-18)27-28-21(29)33-13-19(30)26-15-7-5-6-14(11-15)22(23,24)25/h2-9,11,18H,1,10,12-13H2,(H,26,30). The van der Waals surface area contributed by atoms with Gasteiger partial charge in [-0.2, -0.15) is 13.2 Å². The lowest BCUT2D eigenvalue weighted by Crippen LogP contribution is -2.25. The molecule has 1 aliphatic heterocycles. The Morgan fingerprint density at radius 2 is 2.00 bits per heavy atom. The molecule has 0 fully saturated rings. The van der Waals surface area contributed by atoms with Crippen molar-refractivity contribution in [3.8, 4) is 11.5 Å². The van der Waals surface area contributed by atoms with Crippen molar-refractivity contribution in [3.05, 3.63) is 72.6 Å². The summed E-state index contributed by atoms with van der Waals surface area (Å²) in [6.07, 6.45) is -3.32. The summed E-state index contributed by atoms with van der Waals surface area (Å²) in [4.78, 5) is 12.3. The first kappa shape index (κ1) is 22.7. The monoisotopic (exact) mass is 476 g/mol. The molecular formula is C22H19F3N4O3S. The zero-order chi connectivity index (χ0) is 23.4. The molecule has 3 aromatic rings. The van der Waals surface area contributed by atoms with Gasteiger partial charge < -0.3 is 14.8 Å². The fourth-order valence-corrected chi connectivity index (χ4v) is 3.95. The van der Waals surface area contributed by atoms with Gasteiger partial charge in [-0.25, -0.2) is 0 Å². The minimum atomic E-state index is -4.49. The van der Waals surface area contributed by atoms with Crippen LogP contribution >= 0.6 is 11.8 Å². The van der Waals surface area contributed by atoms with E-state index in [1.54, 1.807) is 16.7 Å². The number of benzene rings is 2. The van der Waals surface area contributed by atoms with Crippen molar-refractivity contribution < 1.29 is 27.4 Å². The molecule has 0 saturated carbocycles. The maximum Gasteiger partial charge on any atom is 0.416 e. The lowest BCUT2D eigenvalue weighted by Gasteiger charge is -2.26. The first-order valence-electron chi connectivity index (χ1n) is 9.87. The fourth-order valence-electron chi connectivity index (χ4n) is 3.19. The number of amides is 1. The van der Waals surface area contributed by atoms with Crippen LogP contribution in [0, 0.1) is 0 Å². The van der Waals surface area contributed by atoms with Gasteiger partial charge in [0.15, 0.2) is 28.6 Å². The number of rotatable bonds is 7. The summed E-state index contributed by atoms with van der Waals surface area (Å²) >= 11 is 1.11. The normalized spacial score (nSPS) is 15.2. The highest BCUT2D eigenvalue weighted by Gasteiger charge is 2.31. The Morgan fingerprint density at radius 1 is 1.21 bits per heavy atom. The second kappa shape index (κ2) is 9.57. The summed E-state index contributed by atoms with van der Waals surface area (Å²) in [5, 5.41) is 11.3. The molecule has 172 valence electrons. The second-order valence-electron chi connectivity index (χ2n) is 7.02. The predicted molar refractivity (Wildman–Crippen MR) is 116 cm³/mol. The number of halogens is 3. The van der Waals surface area contributed by atoms with E-state index in [0.29, 0.717) is 29.0 Å². The molecule has 0 spiro atoms. The van der Waals surface area contributed by atoms with E-state index in [2.05, 4.69) is 22.1 Å². The number of thioether (sulfide) groups is 1. The Hall–Kier alpha value is -3.47. The number of anilines is 1. The number of nitrogens with zero attached hydrogens (tertiary/aromatic N) is 3. The Kier molecular flexibility index (Phi) is 6.59. The lowest BCUT2D eigenvalue weighted by molar-refractivity contribution is -0.137. The van der Waals surface area contributed by atoms with E-state index >= 15 is 0 Å². The number of nitrogens with one attached hydrogen (secondary N) is 1. The van der Waals surface area contributed by atoms with Gasteiger partial charge in [-0.1, -0.05) is 36.0 Å². The number of para-hydroxylation sites is 2. The van der Waals surface area contributed by atoms with Crippen LogP contribution in [-0.4, -0.2) is 33.0 Å². The number of aromatic nitrogens is 3. The second-order valence-corrected chi connectivity index (χ2v) is 7.96. The quantitative estimate of drug-likeness (QED) is 0.393. The number of carbonyl (C=O) groups is 1. The van der Waals surface area contributed by atoms with E-state index in [0.717, 1.165) is 23.9 Å². The zero-order valence-electron chi connectivity index (χ0n) is 17.2. The van der Waals surface area contributed by atoms with Crippen LogP contribution in [0.25, 0.3) is 0 Å². The number of hydrogen-bond acceptors (Lipinski definition) is 6. The number of carbonyl (C=O) groups excluding carboxylic acids is 1. The Morgan fingerprint density at radius 3 is 2.76 bits per heavy atom. The highest BCUT2D eigenvalue weighted by molar-refractivity contribution is 7.99. The molecule has 7 nitrogen and oxygen atoms in total. The summed E-state index contributed by atoms with van der Waals surface area (Å²) in [6.45, 7) is 4.37. The minimum Gasteiger partial charge on any atom is -0.485 e. The van der Waals surface area contributed by atoms with Crippen LogP contribution in [0.3, 0.4) is 0 Å². The van der Waals surface area contributed by atoms with Gasteiger partial charge in [0.05, 0.1) is 11.3 Å².